The van der Waals surface area contributed by atoms with Crippen molar-refractivity contribution in [2.75, 3.05) is 6.61 Å². The van der Waals surface area contributed by atoms with Gasteiger partial charge in [-0.05, 0) is 52.6 Å². The van der Waals surface area contributed by atoms with Crippen LogP contribution in [0.25, 0.3) is 22.3 Å². The molecule has 0 atom stereocenters. The molecule has 3 rings (SSSR count). The number of hydrogen-bond acceptors (Lipinski definition) is 6. The zero-order chi connectivity index (χ0) is 25.6. The molecule has 0 N–H and O–H groups in total. The van der Waals surface area contributed by atoms with E-state index in [4.69, 9.17) is 18.9 Å². The van der Waals surface area contributed by atoms with Gasteiger partial charge >= 0.3 is 11.9 Å². The van der Waals surface area contributed by atoms with Crippen molar-refractivity contribution in [1.82, 2.24) is 0 Å². The van der Waals surface area contributed by atoms with Crippen LogP contribution in [0.5, 0.6) is 11.5 Å². The highest BCUT2D eigenvalue weighted by Gasteiger charge is 2.02. The minimum absolute atomic E-state index is 0.282. The van der Waals surface area contributed by atoms with Crippen molar-refractivity contribution in [2.24, 2.45) is 0 Å². The van der Waals surface area contributed by atoms with Crippen molar-refractivity contribution in [3.63, 3.8) is 0 Å². The molecule has 3 aromatic rings. The van der Waals surface area contributed by atoms with Gasteiger partial charge in [0.1, 0.15) is 24.0 Å². The van der Waals surface area contributed by atoms with E-state index >= 15 is 0 Å². The Bertz CT molecular complexity index is 1220. The summed E-state index contributed by atoms with van der Waals surface area (Å²) in [6.45, 7) is 6.94. The van der Waals surface area contributed by atoms with Crippen molar-refractivity contribution >= 4 is 11.9 Å². The van der Waals surface area contributed by atoms with E-state index in [1.807, 2.05) is 48.5 Å². The summed E-state index contributed by atoms with van der Waals surface area (Å²) in [6, 6.07) is 23.6. The standard InChI is InChI=1S/C30H26O6/c1-3-29(31)35-20-6-5-19-33-27-15-11-25(12-16-27)23-7-9-24(10-8-23)26-13-17-28(18-14-26)34-21-22-36-30(32)4-2/h3-5,7-19,21-22H,1-2,6,20H2/b19-5+,22-21+. The second-order valence-corrected chi connectivity index (χ2v) is 7.31. The maximum absolute atomic E-state index is 11.0. The smallest absolute Gasteiger partial charge is 0.335 e. The summed E-state index contributed by atoms with van der Waals surface area (Å²) in [5.74, 6) is 0.350. The maximum atomic E-state index is 11.0. The first-order chi connectivity index (χ1) is 17.6. The number of benzene rings is 3. The van der Waals surface area contributed by atoms with Crippen LogP contribution in [0.15, 0.2) is 123 Å². The van der Waals surface area contributed by atoms with E-state index in [-0.39, 0.29) is 6.61 Å². The van der Waals surface area contributed by atoms with Crippen molar-refractivity contribution < 1.29 is 28.5 Å². The molecule has 0 unspecified atom stereocenters. The largest absolute Gasteiger partial charge is 0.465 e. The molecule has 0 aromatic heterocycles. The summed E-state index contributed by atoms with van der Waals surface area (Å²) in [7, 11) is 0. The van der Waals surface area contributed by atoms with Crippen LogP contribution in [-0.4, -0.2) is 18.5 Å². The number of hydrogen-bond donors (Lipinski definition) is 0. The van der Waals surface area contributed by atoms with E-state index in [1.54, 1.807) is 12.3 Å². The van der Waals surface area contributed by atoms with Crippen LogP contribution in [0, 0.1) is 0 Å². The summed E-state index contributed by atoms with van der Waals surface area (Å²) in [5.41, 5.74) is 4.28. The molecule has 0 aliphatic carbocycles. The summed E-state index contributed by atoms with van der Waals surface area (Å²) in [6.07, 6.45) is 8.60. The SMILES string of the molecule is C=CC(=O)O/C=C/Oc1ccc(-c2ccc(-c3ccc(O/C=C/CCOC(=O)C=C)cc3)cc2)cc1. The molecule has 3 aromatic carbocycles. The van der Waals surface area contributed by atoms with Gasteiger partial charge in [0.15, 0.2) is 0 Å². The second-order valence-electron chi connectivity index (χ2n) is 7.31. The maximum Gasteiger partial charge on any atom is 0.335 e. The normalized spacial score (nSPS) is 10.7. The monoisotopic (exact) mass is 482 g/mol. The highest BCUT2D eigenvalue weighted by atomic mass is 16.5. The molecule has 36 heavy (non-hydrogen) atoms. The molecule has 6 heteroatoms. The Hall–Kier alpha value is -4.84. The minimum Gasteiger partial charge on any atom is -0.465 e. The third kappa shape index (κ3) is 8.18. The van der Waals surface area contributed by atoms with Crippen molar-refractivity contribution in [3.05, 3.63) is 123 Å². The van der Waals surface area contributed by atoms with Gasteiger partial charge in [0.25, 0.3) is 0 Å². The van der Waals surface area contributed by atoms with Crippen LogP contribution < -0.4 is 9.47 Å². The molecule has 0 amide bonds. The number of esters is 2. The van der Waals surface area contributed by atoms with Crippen molar-refractivity contribution in [3.8, 4) is 33.8 Å². The van der Waals surface area contributed by atoms with E-state index in [9.17, 15) is 9.59 Å². The molecule has 0 bridgehead atoms. The van der Waals surface area contributed by atoms with E-state index < -0.39 is 11.9 Å². The zero-order valence-electron chi connectivity index (χ0n) is 19.7. The van der Waals surface area contributed by atoms with Crippen LogP contribution in [0.3, 0.4) is 0 Å². The lowest BCUT2D eigenvalue weighted by Gasteiger charge is -2.07. The topological polar surface area (TPSA) is 71.1 Å². The molecule has 6 nitrogen and oxygen atoms in total. The number of carbonyl (C=O) groups is 2. The third-order valence-electron chi connectivity index (χ3n) is 4.87. The predicted molar refractivity (Wildman–Crippen MR) is 139 cm³/mol. The Morgan fingerprint density at radius 3 is 1.53 bits per heavy atom. The molecular weight excluding hydrogens is 456 g/mol. The lowest BCUT2D eigenvalue weighted by atomic mass is 10.0. The summed E-state index contributed by atoms with van der Waals surface area (Å²) < 4.78 is 20.6. The van der Waals surface area contributed by atoms with Gasteiger partial charge in [-0.25, -0.2) is 9.59 Å². The fraction of sp³-hybridized carbons (Fsp3) is 0.0667. The lowest BCUT2D eigenvalue weighted by Crippen LogP contribution is -2.00. The van der Waals surface area contributed by atoms with E-state index in [2.05, 4.69) is 37.4 Å². The Balaban J connectivity index is 1.51. The van der Waals surface area contributed by atoms with Crippen LogP contribution in [-0.2, 0) is 19.1 Å². The van der Waals surface area contributed by atoms with E-state index in [1.165, 1.54) is 12.5 Å². The van der Waals surface area contributed by atoms with Gasteiger partial charge in [-0.2, -0.15) is 0 Å². The second kappa shape index (κ2) is 13.8. The molecule has 0 saturated carbocycles. The van der Waals surface area contributed by atoms with E-state index in [0.29, 0.717) is 17.9 Å². The Morgan fingerprint density at radius 1 is 0.611 bits per heavy atom. The molecular formula is C30H26O6. The number of ether oxygens (including phenoxy) is 4. The van der Waals surface area contributed by atoms with Gasteiger partial charge < -0.3 is 18.9 Å². The van der Waals surface area contributed by atoms with Gasteiger partial charge in [-0.15, -0.1) is 0 Å². The molecule has 0 aliphatic heterocycles. The zero-order valence-corrected chi connectivity index (χ0v) is 19.7. The van der Waals surface area contributed by atoms with Gasteiger partial charge in [0.2, 0.25) is 0 Å². The Morgan fingerprint density at radius 2 is 1.06 bits per heavy atom. The Labute approximate surface area is 210 Å². The highest BCUT2D eigenvalue weighted by Crippen LogP contribution is 2.27. The fourth-order valence-electron chi connectivity index (χ4n) is 3.04. The van der Waals surface area contributed by atoms with Crippen molar-refractivity contribution in [2.45, 2.75) is 6.42 Å². The average molecular weight is 483 g/mol. The molecule has 0 fully saturated rings. The minimum atomic E-state index is -0.549. The summed E-state index contributed by atoms with van der Waals surface area (Å²) in [5, 5.41) is 0. The average Bonchev–Trinajstić information content (AvgIpc) is 2.93. The third-order valence-corrected chi connectivity index (χ3v) is 4.87. The molecule has 0 heterocycles. The van der Waals surface area contributed by atoms with E-state index in [0.717, 1.165) is 34.4 Å². The number of rotatable bonds is 12. The summed E-state index contributed by atoms with van der Waals surface area (Å²) in [4.78, 5) is 21.9. The molecule has 0 aliphatic rings. The first kappa shape index (κ1) is 25.8. The first-order valence-corrected chi connectivity index (χ1v) is 11.2. The fourth-order valence-corrected chi connectivity index (χ4v) is 3.04. The Kier molecular flexibility index (Phi) is 9.86. The molecule has 0 spiro atoms. The molecule has 0 radical (unpaired) electrons. The van der Waals surface area contributed by atoms with Crippen LogP contribution in [0.1, 0.15) is 6.42 Å². The van der Waals surface area contributed by atoms with Crippen LogP contribution >= 0.6 is 0 Å². The first-order valence-electron chi connectivity index (χ1n) is 11.2. The molecule has 0 saturated heterocycles. The van der Waals surface area contributed by atoms with Gasteiger partial charge in [-0.1, -0.05) is 61.7 Å². The quantitative estimate of drug-likeness (QED) is 0.125. The van der Waals surface area contributed by atoms with Crippen molar-refractivity contribution in [1.29, 1.82) is 0 Å². The van der Waals surface area contributed by atoms with Gasteiger partial charge in [0.05, 0.1) is 12.9 Å². The van der Waals surface area contributed by atoms with Gasteiger partial charge in [-0.3, -0.25) is 0 Å². The highest BCUT2D eigenvalue weighted by molar-refractivity contribution is 5.81. The lowest BCUT2D eigenvalue weighted by molar-refractivity contribution is -0.137. The van der Waals surface area contributed by atoms with Crippen LogP contribution in [0.2, 0.25) is 0 Å². The van der Waals surface area contributed by atoms with Crippen LogP contribution in [0.4, 0.5) is 0 Å². The molecule has 182 valence electrons. The number of carbonyl (C=O) groups excluding carboxylic acids is 2. The predicted octanol–water partition coefficient (Wildman–Crippen LogP) is 6.61. The summed E-state index contributed by atoms with van der Waals surface area (Å²) >= 11 is 0. The van der Waals surface area contributed by atoms with Gasteiger partial charge in [0, 0.05) is 18.6 Å².